The van der Waals surface area contributed by atoms with Crippen molar-refractivity contribution < 1.29 is 13.2 Å². The highest BCUT2D eigenvalue weighted by molar-refractivity contribution is 6.17. The van der Waals surface area contributed by atoms with Crippen LogP contribution in [0.15, 0.2) is 0 Å². The first kappa shape index (κ1) is 15.2. The van der Waals surface area contributed by atoms with E-state index in [1.165, 1.54) is 0 Å². The van der Waals surface area contributed by atoms with Crippen molar-refractivity contribution in [2.75, 3.05) is 5.88 Å². The molecular weight excluding hydrogens is 293 g/mol. The molecule has 2 aromatic heterocycles. The molecule has 0 amide bonds. The van der Waals surface area contributed by atoms with Crippen molar-refractivity contribution in [2.45, 2.75) is 38.9 Å². The first-order valence-corrected chi connectivity index (χ1v) is 6.94. The lowest BCUT2D eigenvalue weighted by Gasteiger charge is -2.11. The second-order valence-corrected chi connectivity index (χ2v) is 4.96. The fraction of sp³-hybridized carbons (Fsp3) is 0.667. The average molecular weight is 309 g/mol. The largest absolute Gasteiger partial charge is 0.390 e. The third-order valence-corrected chi connectivity index (χ3v) is 3.33. The molecule has 112 valence electrons. The number of fused-ring (bicyclic) bond motifs is 1. The van der Waals surface area contributed by atoms with Crippen molar-refractivity contribution in [3.8, 4) is 0 Å². The van der Waals surface area contributed by atoms with Crippen molar-refractivity contribution in [1.29, 1.82) is 0 Å². The molecule has 0 aliphatic heterocycles. The number of alkyl halides is 4. The van der Waals surface area contributed by atoms with Gasteiger partial charge in [0.1, 0.15) is 11.3 Å². The van der Waals surface area contributed by atoms with Gasteiger partial charge in [-0.3, -0.25) is 4.68 Å². The van der Waals surface area contributed by atoms with Gasteiger partial charge in [0.2, 0.25) is 0 Å². The van der Waals surface area contributed by atoms with Gasteiger partial charge in [-0.25, -0.2) is 4.98 Å². The fourth-order valence-electron chi connectivity index (χ4n) is 2.27. The van der Waals surface area contributed by atoms with Crippen LogP contribution in [0, 0.1) is 0 Å². The molecule has 0 bridgehead atoms. The molecule has 0 aliphatic rings. The molecule has 8 heteroatoms. The number of hydrogen-bond donors (Lipinski definition) is 0. The maximum absolute atomic E-state index is 12.5. The number of aromatic nitrogens is 4. The summed E-state index contributed by atoms with van der Waals surface area (Å²) in [5.41, 5.74) is 2.10. The Kier molecular flexibility index (Phi) is 4.27. The Labute approximate surface area is 119 Å². The van der Waals surface area contributed by atoms with Gasteiger partial charge in [0, 0.05) is 25.9 Å². The highest BCUT2D eigenvalue weighted by atomic mass is 35.5. The second-order valence-electron chi connectivity index (χ2n) is 4.58. The molecule has 2 aromatic rings. The van der Waals surface area contributed by atoms with Gasteiger partial charge in [-0.15, -0.1) is 11.6 Å². The average Bonchev–Trinajstić information content (AvgIpc) is 2.85. The molecule has 0 radical (unpaired) electrons. The zero-order valence-electron chi connectivity index (χ0n) is 11.3. The summed E-state index contributed by atoms with van der Waals surface area (Å²) in [6, 6.07) is 0. The van der Waals surface area contributed by atoms with Crippen molar-refractivity contribution in [1.82, 2.24) is 19.3 Å². The highest BCUT2D eigenvalue weighted by Crippen LogP contribution is 2.25. The highest BCUT2D eigenvalue weighted by Gasteiger charge is 2.28. The quantitative estimate of drug-likeness (QED) is 0.796. The standard InChI is InChI=1S/C12H16ClF3N4/c1-3-8-10-11(19(2)18-8)20(7-5-12(14,15)16)9(17-10)4-6-13/h3-7H2,1-2H3. The minimum absolute atomic E-state index is 0.158. The molecule has 0 unspecified atom stereocenters. The van der Waals surface area contributed by atoms with Gasteiger partial charge < -0.3 is 4.57 Å². The lowest BCUT2D eigenvalue weighted by molar-refractivity contribution is -0.136. The van der Waals surface area contributed by atoms with Crippen LogP contribution in [0.1, 0.15) is 24.9 Å². The predicted octanol–water partition coefficient (Wildman–Crippen LogP) is 3.07. The van der Waals surface area contributed by atoms with Crippen molar-refractivity contribution in [3.05, 3.63) is 11.5 Å². The third-order valence-electron chi connectivity index (χ3n) is 3.14. The molecule has 2 heterocycles. The maximum atomic E-state index is 12.5. The lowest BCUT2D eigenvalue weighted by atomic mass is 10.3. The molecule has 0 N–H and O–H groups in total. The van der Waals surface area contributed by atoms with Gasteiger partial charge >= 0.3 is 6.18 Å². The van der Waals surface area contributed by atoms with Crippen LogP contribution in [0.2, 0.25) is 0 Å². The van der Waals surface area contributed by atoms with E-state index < -0.39 is 12.6 Å². The number of aryl methyl sites for hydroxylation is 4. The van der Waals surface area contributed by atoms with Gasteiger partial charge in [-0.2, -0.15) is 18.3 Å². The van der Waals surface area contributed by atoms with Crippen LogP contribution in [0.4, 0.5) is 13.2 Å². The molecule has 4 nitrogen and oxygen atoms in total. The van der Waals surface area contributed by atoms with Crippen LogP contribution in [0.25, 0.3) is 11.2 Å². The maximum Gasteiger partial charge on any atom is 0.390 e. The van der Waals surface area contributed by atoms with E-state index in [9.17, 15) is 13.2 Å². The van der Waals surface area contributed by atoms with E-state index in [-0.39, 0.29) is 6.54 Å². The minimum Gasteiger partial charge on any atom is -0.313 e. The van der Waals surface area contributed by atoms with E-state index in [1.54, 1.807) is 16.3 Å². The molecule has 0 aromatic carbocycles. The Balaban J connectivity index is 2.47. The summed E-state index contributed by atoms with van der Waals surface area (Å²) in [4.78, 5) is 4.42. The predicted molar refractivity (Wildman–Crippen MR) is 71.0 cm³/mol. The third kappa shape index (κ3) is 2.92. The zero-order valence-corrected chi connectivity index (χ0v) is 12.1. The van der Waals surface area contributed by atoms with Crippen LogP contribution in [0.3, 0.4) is 0 Å². The molecule has 0 fully saturated rings. The summed E-state index contributed by atoms with van der Waals surface area (Å²) in [7, 11) is 1.72. The topological polar surface area (TPSA) is 35.6 Å². The van der Waals surface area contributed by atoms with E-state index in [4.69, 9.17) is 11.6 Å². The van der Waals surface area contributed by atoms with Gasteiger partial charge in [0.25, 0.3) is 0 Å². The monoisotopic (exact) mass is 308 g/mol. The van der Waals surface area contributed by atoms with Crippen molar-refractivity contribution >= 4 is 22.8 Å². The van der Waals surface area contributed by atoms with Gasteiger partial charge in [0.05, 0.1) is 12.1 Å². The van der Waals surface area contributed by atoms with Crippen LogP contribution in [-0.4, -0.2) is 31.4 Å². The first-order chi connectivity index (χ1) is 9.37. The van der Waals surface area contributed by atoms with Crippen LogP contribution >= 0.6 is 11.6 Å². The summed E-state index contributed by atoms with van der Waals surface area (Å²) in [6.07, 6.45) is -3.95. The Morgan fingerprint density at radius 2 is 2.00 bits per heavy atom. The molecule has 0 atom stereocenters. The Hall–Kier alpha value is -1.24. The first-order valence-electron chi connectivity index (χ1n) is 6.41. The number of imidazole rings is 1. The number of halogens is 4. The summed E-state index contributed by atoms with van der Waals surface area (Å²) in [6.45, 7) is 1.78. The van der Waals surface area contributed by atoms with Crippen molar-refractivity contribution in [3.63, 3.8) is 0 Å². The van der Waals surface area contributed by atoms with Gasteiger partial charge in [0.15, 0.2) is 5.65 Å². The molecule has 20 heavy (non-hydrogen) atoms. The normalized spacial score (nSPS) is 12.5. The molecule has 0 aliphatic carbocycles. The number of hydrogen-bond acceptors (Lipinski definition) is 2. The minimum atomic E-state index is -4.19. The van der Waals surface area contributed by atoms with Crippen LogP contribution in [-0.2, 0) is 26.4 Å². The Morgan fingerprint density at radius 3 is 2.55 bits per heavy atom. The van der Waals surface area contributed by atoms with E-state index >= 15 is 0 Å². The van der Waals surface area contributed by atoms with Crippen molar-refractivity contribution in [2.24, 2.45) is 7.05 Å². The summed E-state index contributed by atoms with van der Waals surface area (Å²) >= 11 is 5.71. The Morgan fingerprint density at radius 1 is 1.30 bits per heavy atom. The zero-order chi connectivity index (χ0) is 14.9. The van der Waals surface area contributed by atoms with Crippen LogP contribution in [0.5, 0.6) is 0 Å². The van der Waals surface area contributed by atoms with E-state index in [1.807, 2.05) is 6.92 Å². The van der Waals surface area contributed by atoms with Crippen LogP contribution < -0.4 is 0 Å². The molecule has 0 saturated heterocycles. The lowest BCUT2D eigenvalue weighted by Crippen LogP contribution is -2.15. The van der Waals surface area contributed by atoms with Gasteiger partial charge in [-0.05, 0) is 6.42 Å². The molecule has 0 spiro atoms. The Bertz CT molecular complexity index is 600. The summed E-state index contributed by atoms with van der Waals surface area (Å²) < 4.78 is 40.5. The SMILES string of the molecule is CCc1nn(C)c2c1nc(CCCl)n2CCC(F)(F)F. The number of rotatable bonds is 5. The number of nitrogens with zero attached hydrogens (tertiary/aromatic N) is 4. The second kappa shape index (κ2) is 5.63. The fourth-order valence-corrected chi connectivity index (χ4v) is 2.44. The van der Waals surface area contributed by atoms with E-state index in [2.05, 4.69) is 10.1 Å². The molecule has 2 rings (SSSR count). The van der Waals surface area contributed by atoms with E-state index in [0.29, 0.717) is 35.7 Å². The summed E-state index contributed by atoms with van der Waals surface area (Å²) in [5, 5.41) is 4.29. The smallest absolute Gasteiger partial charge is 0.313 e. The molecular formula is C12H16ClF3N4. The summed E-state index contributed by atoms with van der Waals surface area (Å²) in [5.74, 6) is 0.909. The van der Waals surface area contributed by atoms with Gasteiger partial charge in [-0.1, -0.05) is 6.92 Å². The molecule has 0 saturated carbocycles. The van der Waals surface area contributed by atoms with E-state index in [0.717, 1.165) is 5.69 Å².